The van der Waals surface area contributed by atoms with E-state index in [1.54, 1.807) is 0 Å². The van der Waals surface area contributed by atoms with Gasteiger partial charge in [-0.3, -0.25) is 0 Å². The maximum Gasteiger partial charge on any atom is 0.0617 e. The molecule has 3 rings (SSSR count). The molecule has 94 valence electrons. The molecule has 2 heteroatoms. The maximum atomic E-state index is 5.94. The first-order valence-electron chi connectivity index (χ1n) is 6.34. The van der Waals surface area contributed by atoms with E-state index in [4.69, 9.17) is 5.73 Å². The van der Waals surface area contributed by atoms with Crippen LogP contribution in [0.3, 0.4) is 0 Å². The highest BCUT2D eigenvalue weighted by atomic mass is 14.9. The number of anilines is 3. The van der Waals surface area contributed by atoms with Crippen LogP contribution in [0.2, 0.25) is 0 Å². The average Bonchev–Trinajstić information content (AvgIpc) is 2.41. The minimum absolute atomic E-state index is 0.756. The summed E-state index contributed by atoms with van der Waals surface area (Å²) in [5, 5.41) is 5.84. The van der Waals surface area contributed by atoms with Crippen molar-refractivity contribution in [1.82, 2.24) is 0 Å². The van der Waals surface area contributed by atoms with Crippen LogP contribution in [0.1, 0.15) is 5.56 Å². The molecular weight excluding hydrogens is 232 g/mol. The smallest absolute Gasteiger partial charge is 0.0617 e. The Labute approximate surface area is 112 Å². The Morgan fingerprint density at radius 2 is 1.58 bits per heavy atom. The fraction of sp³-hybridized carbons (Fsp3) is 0.0588. The maximum absolute atomic E-state index is 5.94. The SMILES string of the molecule is Cc1ccc2cc(Nc3ccccc3N)ccc2c1. The van der Waals surface area contributed by atoms with Crippen molar-refractivity contribution in [2.24, 2.45) is 0 Å². The Balaban J connectivity index is 1.98. The van der Waals surface area contributed by atoms with Crippen molar-refractivity contribution >= 4 is 27.8 Å². The molecule has 0 radical (unpaired) electrons. The van der Waals surface area contributed by atoms with Gasteiger partial charge in [0.1, 0.15) is 0 Å². The molecule has 0 fully saturated rings. The van der Waals surface area contributed by atoms with E-state index >= 15 is 0 Å². The molecule has 0 aliphatic carbocycles. The number of nitrogens with one attached hydrogen (secondary N) is 1. The number of nitrogens with two attached hydrogens (primary N) is 1. The van der Waals surface area contributed by atoms with Gasteiger partial charge in [0.15, 0.2) is 0 Å². The first kappa shape index (κ1) is 11.6. The van der Waals surface area contributed by atoms with Crippen LogP contribution in [0.4, 0.5) is 17.1 Å². The molecule has 19 heavy (non-hydrogen) atoms. The summed E-state index contributed by atoms with van der Waals surface area (Å²) in [5.74, 6) is 0. The van der Waals surface area contributed by atoms with Gasteiger partial charge in [0.25, 0.3) is 0 Å². The number of rotatable bonds is 2. The molecule has 0 saturated carbocycles. The summed E-state index contributed by atoms with van der Waals surface area (Å²) in [5.41, 5.74) is 9.96. The molecule has 3 N–H and O–H groups in total. The second-order valence-corrected chi connectivity index (χ2v) is 4.78. The van der Waals surface area contributed by atoms with Crippen LogP contribution >= 0.6 is 0 Å². The van der Waals surface area contributed by atoms with E-state index in [9.17, 15) is 0 Å². The standard InChI is InChI=1S/C17H16N2/c1-12-6-7-14-11-15(9-8-13(14)10-12)19-17-5-3-2-4-16(17)18/h2-11,19H,18H2,1H3. The molecule has 0 aliphatic heterocycles. The van der Waals surface area contributed by atoms with Gasteiger partial charge in [-0.1, -0.05) is 42.0 Å². The van der Waals surface area contributed by atoms with Crippen molar-refractivity contribution in [2.45, 2.75) is 6.92 Å². The monoisotopic (exact) mass is 248 g/mol. The van der Waals surface area contributed by atoms with Crippen LogP contribution in [-0.4, -0.2) is 0 Å². The van der Waals surface area contributed by atoms with Gasteiger partial charge in [0, 0.05) is 5.69 Å². The number of hydrogen-bond acceptors (Lipinski definition) is 2. The lowest BCUT2D eigenvalue weighted by atomic mass is 10.1. The van der Waals surface area contributed by atoms with Crippen LogP contribution in [0.25, 0.3) is 10.8 Å². The number of hydrogen-bond donors (Lipinski definition) is 2. The van der Waals surface area contributed by atoms with Crippen molar-refractivity contribution in [1.29, 1.82) is 0 Å². The first-order valence-corrected chi connectivity index (χ1v) is 6.34. The van der Waals surface area contributed by atoms with Crippen LogP contribution in [0, 0.1) is 6.92 Å². The van der Waals surface area contributed by atoms with E-state index in [2.05, 4.69) is 48.6 Å². The van der Waals surface area contributed by atoms with E-state index < -0.39 is 0 Å². The molecule has 0 unspecified atom stereocenters. The summed E-state index contributed by atoms with van der Waals surface area (Å²) in [7, 11) is 0. The number of aryl methyl sites for hydroxylation is 1. The molecule has 0 amide bonds. The van der Waals surface area contributed by atoms with Gasteiger partial charge in [0.2, 0.25) is 0 Å². The second kappa shape index (κ2) is 4.65. The number of para-hydroxylation sites is 2. The van der Waals surface area contributed by atoms with E-state index in [1.807, 2.05) is 24.3 Å². The Bertz CT molecular complexity index is 732. The van der Waals surface area contributed by atoms with Gasteiger partial charge in [-0.2, -0.15) is 0 Å². The minimum Gasteiger partial charge on any atom is -0.397 e. The highest BCUT2D eigenvalue weighted by Crippen LogP contribution is 2.25. The van der Waals surface area contributed by atoms with Gasteiger partial charge in [-0.25, -0.2) is 0 Å². The predicted molar refractivity (Wildman–Crippen MR) is 82.8 cm³/mol. The Hall–Kier alpha value is -2.48. The average molecular weight is 248 g/mol. The lowest BCUT2D eigenvalue weighted by molar-refractivity contribution is 1.50. The van der Waals surface area contributed by atoms with Crippen molar-refractivity contribution in [2.75, 3.05) is 11.1 Å². The van der Waals surface area contributed by atoms with Crippen molar-refractivity contribution in [3.63, 3.8) is 0 Å². The zero-order valence-electron chi connectivity index (χ0n) is 10.9. The first-order chi connectivity index (χ1) is 9.22. The fourth-order valence-electron chi connectivity index (χ4n) is 2.21. The quantitative estimate of drug-likeness (QED) is 0.656. The fourth-order valence-corrected chi connectivity index (χ4v) is 2.21. The molecule has 0 heterocycles. The Morgan fingerprint density at radius 1 is 0.842 bits per heavy atom. The minimum atomic E-state index is 0.756. The summed E-state index contributed by atoms with van der Waals surface area (Å²) in [6.07, 6.45) is 0. The van der Waals surface area contributed by atoms with Crippen LogP contribution in [-0.2, 0) is 0 Å². The third-order valence-electron chi connectivity index (χ3n) is 3.24. The normalized spacial score (nSPS) is 10.6. The van der Waals surface area contributed by atoms with E-state index in [0.717, 1.165) is 17.1 Å². The topological polar surface area (TPSA) is 38.0 Å². The van der Waals surface area contributed by atoms with Gasteiger partial charge < -0.3 is 11.1 Å². The zero-order valence-corrected chi connectivity index (χ0v) is 10.9. The predicted octanol–water partition coefficient (Wildman–Crippen LogP) is 4.47. The van der Waals surface area contributed by atoms with Gasteiger partial charge in [0.05, 0.1) is 11.4 Å². The molecule has 3 aromatic rings. The lowest BCUT2D eigenvalue weighted by Crippen LogP contribution is -1.95. The molecule has 0 saturated heterocycles. The van der Waals surface area contributed by atoms with E-state index in [0.29, 0.717) is 0 Å². The molecular formula is C17H16N2. The molecule has 0 aliphatic rings. The van der Waals surface area contributed by atoms with Gasteiger partial charge >= 0.3 is 0 Å². The highest BCUT2D eigenvalue weighted by Gasteiger charge is 2.00. The van der Waals surface area contributed by atoms with Crippen LogP contribution in [0.15, 0.2) is 60.7 Å². The number of nitrogen functional groups attached to an aromatic ring is 1. The second-order valence-electron chi connectivity index (χ2n) is 4.78. The van der Waals surface area contributed by atoms with E-state index in [1.165, 1.54) is 16.3 Å². The van der Waals surface area contributed by atoms with Crippen molar-refractivity contribution in [3.05, 3.63) is 66.2 Å². The Kier molecular flexibility index (Phi) is 2.84. The van der Waals surface area contributed by atoms with Crippen molar-refractivity contribution < 1.29 is 0 Å². The molecule has 0 aromatic heterocycles. The third kappa shape index (κ3) is 2.38. The van der Waals surface area contributed by atoms with Crippen molar-refractivity contribution in [3.8, 4) is 0 Å². The van der Waals surface area contributed by atoms with E-state index in [-0.39, 0.29) is 0 Å². The zero-order chi connectivity index (χ0) is 13.2. The molecule has 2 nitrogen and oxygen atoms in total. The summed E-state index contributed by atoms with van der Waals surface area (Å²) < 4.78 is 0. The molecule has 0 atom stereocenters. The Morgan fingerprint density at radius 3 is 2.42 bits per heavy atom. The largest absolute Gasteiger partial charge is 0.397 e. The summed E-state index contributed by atoms with van der Waals surface area (Å²) in [6.45, 7) is 2.11. The summed E-state index contributed by atoms with van der Waals surface area (Å²) in [4.78, 5) is 0. The summed E-state index contributed by atoms with van der Waals surface area (Å²) >= 11 is 0. The van der Waals surface area contributed by atoms with Gasteiger partial charge in [-0.05, 0) is 42.0 Å². The third-order valence-corrected chi connectivity index (χ3v) is 3.24. The lowest BCUT2D eigenvalue weighted by Gasteiger charge is -2.10. The van der Waals surface area contributed by atoms with Gasteiger partial charge in [-0.15, -0.1) is 0 Å². The highest BCUT2D eigenvalue weighted by molar-refractivity contribution is 5.87. The molecule has 3 aromatic carbocycles. The number of benzene rings is 3. The van der Waals surface area contributed by atoms with Crippen LogP contribution < -0.4 is 11.1 Å². The number of fused-ring (bicyclic) bond motifs is 1. The molecule has 0 spiro atoms. The van der Waals surface area contributed by atoms with Crippen LogP contribution in [0.5, 0.6) is 0 Å². The molecule has 0 bridgehead atoms. The summed E-state index contributed by atoms with van der Waals surface area (Å²) in [6, 6.07) is 20.6.